The third-order valence-corrected chi connectivity index (χ3v) is 4.25. The fraction of sp³-hybridized carbons (Fsp3) is 0.391. The Balaban J connectivity index is 2.27. The molecule has 0 bridgehead atoms. The number of ether oxygens (including phenoxy) is 2. The van der Waals surface area contributed by atoms with Crippen LogP contribution in [0.2, 0.25) is 0 Å². The van der Waals surface area contributed by atoms with Crippen LogP contribution in [0.4, 0.5) is 11.4 Å². The minimum Gasteiger partial charge on any atom is -0.492 e. The summed E-state index contributed by atoms with van der Waals surface area (Å²) in [6, 6.07) is 12.3. The van der Waals surface area contributed by atoms with Gasteiger partial charge in [-0.15, -0.1) is 0 Å². The zero-order valence-corrected chi connectivity index (χ0v) is 17.4. The fourth-order valence-electron chi connectivity index (χ4n) is 2.84. The van der Waals surface area contributed by atoms with Crippen molar-refractivity contribution in [3.8, 4) is 11.5 Å². The molecule has 0 radical (unpaired) electrons. The summed E-state index contributed by atoms with van der Waals surface area (Å²) in [5.74, 6) is 0.653. The van der Waals surface area contributed by atoms with Crippen molar-refractivity contribution in [1.29, 1.82) is 0 Å². The second-order valence-electron chi connectivity index (χ2n) is 6.54. The largest absolute Gasteiger partial charge is 0.492 e. The van der Waals surface area contributed by atoms with E-state index in [2.05, 4.69) is 17.6 Å². The quantitative estimate of drug-likeness (QED) is 0.507. The molecule has 0 heterocycles. The van der Waals surface area contributed by atoms with E-state index in [1.54, 1.807) is 36.4 Å². The van der Waals surface area contributed by atoms with E-state index in [0.717, 1.165) is 19.3 Å². The topological polar surface area (TPSA) is 76.7 Å². The standard InChI is InChI=1S/C23H30N2O4/c1-4-7-9-14-22(26)24-18-15-21(29-6-3)19(16-20(18)28-5-2)25-23(27)17-12-10-8-11-13-17/h8,10-13,15-16H,4-7,9,14H2,1-3H3,(H,24,26)(H,25,27). The van der Waals surface area contributed by atoms with Crippen LogP contribution in [0.15, 0.2) is 42.5 Å². The predicted molar refractivity (Wildman–Crippen MR) is 116 cm³/mol. The Morgan fingerprint density at radius 3 is 1.97 bits per heavy atom. The predicted octanol–water partition coefficient (Wildman–Crippen LogP) is 5.26. The molecule has 0 atom stereocenters. The number of anilines is 2. The van der Waals surface area contributed by atoms with Gasteiger partial charge in [-0.05, 0) is 32.4 Å². The number of carbonyl (C=O) groups is 2. The summed E-state index contributed by atoms with van der Waals surface area (Å²) < 4.78 is 11.4. The van der Waals surface area contributed by atoms with Crippen molar-refractivity contribution in [2.24, 2.45) is 0 Å². The molecule has 2 amide bonds. The summed E-state index contributed by atoms with van der Waals surface area (Å²) in [4.78, 5) is 24.9. The third kappa shape index (κ3) is 6.82. The van der Waals surface area contributed by atoms with Crippen LogP contribution < -0.4 is 20.1 Å². The highest BCUT2D eigenvalue weighted by Crippen LogP contribution is 2.37. The van der Waals surface area contributed by atoms with Crippen LogP contribution in [0.5, 0.6) is 11.5 Å². The van der Waals surface area contributed by atoms with Gasteiger partial charge in [-0.2, -0.15) is 0 Å². The maximum absolute atomic E-state index is 12.6. The Kier molecular flexibility index (Phi) is 9.02. The molecule has 2 aromatic rings. The first-order chi connectivity index (χ1) is 14.1. The molecular formula is C23H30N2O4. The summed E-state index contributed by atoms with van der Waals surface area (Å²) >= 11 is 0. The average molecular weight is 399 g/mol. The number of amides is 2. The van der Waals surface area contributed by atoms with Crippen LogP contribution in [0.25, 0.3) is 0 Å². The van der Waals surface area contributed by atoms with Gasteiger partial charge in [-0.3, -0.25) is 9.59 Å². The van der Waals surface area contributed by atoms with E-state index in [0.29, 0.717) is 48.1 Å². The smallest absolute Gasteiger partial charge is 0.255 e. The minimum absolute atomic E-state index is 0.0667. The maximum atomic E-state index is 12.6. The van der Waals surface area contributed by atoms with Crippen LogP contribution in [0.3, 0.4) is 0 Å². The van der Waals surface area contributed by atoms with Gasteiger partial charge in [0.2, 0.25) is 5.91 Å². The van der Waals surface area contributed by atoms with E-state index in [1.165, 1.54) is 0 Å². The van der Waals surface area contributed by atoms with Gasteiger partial charge in [0.1, 0.15) is 11.5 Å². The van der Waals surface area contributed by atoms with E-state index < -0.39 is 0 Å². The minimum atomic E-state index is -0.245. The van der Waals surface area contributed by atoms with Crippen molar-refractivity contribution < 1.29 is 19.1 Å². The van der Waals surface area contributed by atoms with E-state index in [9.17, 15) is 9.59 Å². The van der Waals surface area contributed by atoms with Gasteiger partial charge in [-0.25, -0.2) is 0 Å². The lowest BCUT2D eigenvalue weighted by atomic mass is 10.1. The van der Waals surface area contributed by atoms with Gasteiger partial charge in [0.25, 0.3) is 5.91 Å². The summed E-state index contributed by atoms with van der Waals surface area (Å²) in [5, 5.41) is 5.78. The molecule has 156 valence electrons. The summed E-state index contributed by atoms with van der Waals surface area (Å²) in [6.07, 6.45) is 3.37. The van der Waals surface area contributed by atoms with Gasteiger partial charge in [-0.1, -0.05) is 38.0 Å². The summed E-state index contributed by atoms with van der Waals surface area (Å²) in [5.41, 5.74) is 1.57. The Morgan fingerprint density at radius 2 is 1.41 bits per heavy atom. The molecule has 29 heavy (non-hydrogen) atoms. The Morgan fingerprint density at radius 1 is 0.828 bits per heavy atom. The lowest BCUT2D eigenvalue weighted by Crippen LogP contribution is -2.15. The van der Waals surface area contributed by atoms with Gasteiger partial charge in [0.05, 0.1) is 24.6 Å². The molecule has 0 spiro atoms. The zero-order chi connectivity index (χ0) is 21.1. The first kappa shape index (κ1) is 22.3. The van der Waals surface area contributed by atoms with Crippen LogP contribution in [-0.2, 0) is 4.79 Å². The number of hydrogen-bond acceptors (Lipinski definition) is 4. The van der Waals surface area contributed by atoms with E-state index in [-0.39, 0.29) is 11.8 Å². The first-order valence-electron chi connectivity index (χ1n) is 10.2. The fourth-order valence-corrected chi connectivity index (χ4v) is 2.84. The van der Waals surface area contributed by atoms with E-state index in [4.69, 9.17) is 9.47 Å². The van der Waals surface area contributed by atoms with Gasteiger partial charge < -0.3 is 20.1 Å². The monoisotopic (exact) mass is 398 g/mol. The number of benzene rings is 2. The lowest BCUT2D eigenvalue weighted by molar-refractivity contribution is -0.116. The number of rotatable bonds is 11. The molecule has 0 unspecified atom stereocenters. The normalized spacial score (nSPS) is 10.3. The highest BCUT2D eigenvalue weighted by atomic mass is 16.5. The molecule has 2 N–H and O–H groups in total. The third-order valence-electron chi connectivity index (χ3n) is 4.25. The first-order valence-corrected chi connectivity index (χ1v) is 10.2. The van der Waals surface area contributed by atoms with E-state index >= 15 is 0 Å². The molecule has 0 saturated heterocycles. The van der Waals surface area contributed by atoms with Crippen LogP contribution in [-0.4, -0.2) is 25.0 Å². The van der Waals surface area contributed by atoms with Crippen molar-refractivity contribution in [3.63, 3.8) is 0 Å². The average Bonchev–Trinajstić information content (AvgIpc) is 2.72. The molecular weight excluding hydrogens is 368 g/mol. The molecule has 0 aromatic heterocycles. The molecule has 0 fully saturated rings. The molecule has 0 saturated carbocycles. The molecule has 0 aliphatic rings. The molecule has 0 aliphatic carbocycles. The van der Waals surface area contributed by atoms with Crippen LogP contribution in [0.1, 0.15) is 56.8 Å². The highest BCUT2D eigenvalue weighted by molar-refractivity contribution is 6.05. The summed E-state index contributed by atoms with van der Waals surface area (Å²) in [7, 11) is 0. The van der Waals surface area contributed by atoms with Crippen LogP contribution >= 0.6 is 0 Å². The van der Waals surface area contributed by atoms with Crippen LogP contribution in [0, 0.1) is 0 Å². The molecule has 6 heteroatoms. The number of carbonyl (C=O) groups excluding carboxylic acids is 2. The van der Waals surface area contributed by atoms with Gasteiger partial charge in [0, 0.05) is 24.1 Å². The highest BCUT2D eigenvalue weighted by Gasteiger charge is 2.16. The second-order valence-corrected chi connectivity index (χ2v) is 6.54. The van der Waals surface area contributed by atoms with Crippen molar-refractivity contribution in [1.82, 2.24) is 0 Å². The SMILES string of the molecule is CCCCCC(=O)Nc1cc(OCC)c(NC(=O)c2ccccc2)cc1OCC. The number of unbranched alkanes of at least 4 members (excludes halogenated alkanes) is 2. The van der Waals surface area contributed by atoms with Crippen molar-refractivity contribution in [2.75, 3.05) is 23.8 Å². The molecule has 2 rings (SSSR count). The second kappa shape index (κ2) is 11.7. The number of hydrogen-bond donors (Lipinski definition) is 2. The van der Waals surface area contributed by atoms with Gasteiger partial charge >= 0.3 is 0 Å². The Labute approximate surface area is 172 Å². The van der Waals surface area contributed by atoms with Crippen molar-refractivity contribution in [2.45, 2.75) is 46.5 Å². The lowest BCUT2D eigenvalue weighted by Gasteiger charge is -2.18. The Bertz CT molecular complexity index is 806. The zero-order valence-electron chi connectivity index (χ0n) is 17.4. The van der Waals surface area contributed by atoms with Crippen molar-refractivity contribution >= 4 is 23.2 Å². The molecule has 6 nitrogen and oxygen atoms in total. The van der Waals surface area contributed by atoms with Crippen molar-refractivity contribution in [3.05, 3.63) is 48.0 Å². The maximum Gasteiger partial charge on any atom is 0.255 e. The molecule has 0 aliphatic heterocycles. The molecule has 2 aromatic carbocycles. The summed E-state index contributed by atoms with van der Waals surface area (Å²) in [6.45, 7) is 6.68. The van der Waals surface area contributed by atoms with E-state index in [1.807, 2.05) is 19.9 Å². The number of nitrogens with one attached hydrogen (secondary N) is 2. The van der Waals surface area contributed by atoms with Gasteiger partial charge in [0.15, 0.2) is 0 Å². The Hall–Kier alpha value is -3.02.